The monoisotopic (exact) mass is 151 g/mol. The van der Waals surface area contributed by atoms with Gasteiger partial charge in [0.15, 0.2) is 0 Å². The minimum Gasteiger partial charge on any atom is -0.273 e. The maximum absolute atomic E-state index is 12.8. The summed E-state index contributed by atoms with van der Waals surface area (Å²) in [6.45, 7) is 1.87. The van der Waals surface area contributed by atoms with Crippen LogP contribution in [-0.4, -0.2) is 15.2 Å². The zero-order chi connectivity index (χ0) is 7.84. The summed E-state index contributed by atoms with van der Waals surface area (Å²) >= 11 is 0. The molecule has 4 heteroatoms. The van der Waals surface area contributed by atoms with Gasteiger partial charge in [-0.15, -0.1) is 0 Å². The van der Waals surface area contributed by atoms with Crippen LogP contribution in [0.2, 0.25) is 0 Å². The number of hydrogen-bond donors (Lipinski definition) is 1. The van der Waals surface area contributed by atoms with Crippen LogP contribution in [0.4, 0.5) is 4.39 Å². The molecule has 1 N–H and O–H groups in total. The molecule has 0 aliphatic rings. The van der Waals surface area contributed by atoms with Crippen LogP contribution in [0.3, 0.4) is 0 Å². The van der Waals surface area contributed by atoms with Crippen molar-refractivity contribution in [1.82, 2.24) is 15.2 Å². The van der Waals surface area contributed by atoms with Crippen LogP contribution in [-0.2, 0) is 0 Å². The van der Waals surface area contributed by atoms with Gasteiger partial charge in [0, 0.05) is 11.6 Å². The van der Waals surface area contributed by atoms with Gasteiger partial charge < -0.3 is 0 Å². The average Bonchev–Trinajstić information content (AvgIpc) is 2.45. The summed E-state index contributed by atoms with van der Waals surface area (Å²) in [5.41, 5.74) is 1.31. The van der Waals surface area contributed by atoms with E-state index in [0.29, 0.717) is 5.52 Å². The average molecular weight is 151 g/mol. The molecule has 11 heavy (non-hydrogen) atoms. The third-order valence-corrected chi connectivity index (χ3v) is 1.64. The lowest BCUT2D eigenvalue weighted by Crippen LogP contribution is -1.85. The molecule has 2 rings (SSSR count). The zero-order valence-electron chi connectivity index (χ0n) is 5.93. The van der Waals surface area contributed by atoms with Crippen LogP contribution in [0.5, 0.6) is 0 Å². The molecule has 0 aromatic carbocycles. The Morgan fingerprint density at radius 1 is 1.45 bits per heavy atom. The van der Waals surface area contributed by atoms with Crippen molar-refractivity contribution in [3.63, 3.8) is 0 Å². The smallest absolute Gasteiger partial charge is 0.238 e. The lowest BCUT2D eigenvalue weighted by Gasteiger charge is -1.93. The fraction of sp³-hybridized carbons (Fsp3) is 0.143. The summed E-state index contributed by atoms with van der Waals surface area (Å²) in [6, 6.07) is 0. The molecule has 0 amide bonds. The normalized spacial score (nSPS) is 10.7. The summed E-state index contributed by atoms with van der Waals surface area (Å²) in [6.07, 6.45) is 3.09. The van der Waals surface area contributed by atoms with Gasteiger partial charge in [-0.2, -0.15) is 9.49 Å². The minimum atomic E-state index is -0.497. The predicted octanol–water partition coefficient (Wildman–Crippen LogP) is 1.41. The Balaban J connectivity index is 2.96. The first kappa shape index (κ1) is 6.27. The quantitative estimate of drug-likeness (QED) is 0.578. The van der Waals surface area contributed by atoms with Crippen molar-refractivity contribution in [1.29, 1.82) is 0 Å². The van der Waals surface area contributed by atoms with E-state index >= 15 is 0 Å². The van der Waals surface area contributed by atoms with E-state index in [9.17, 15) is 4.39 Å². The van der Waals surface area contributed by atoms with Gasteiger partial charge in [0.2, 0.25) is 5.95 Å². The van der Waals surface area contributed by atoms with Gasteiger partial charge >= 0.3 is 0 Å². The van der Waals surface area contributed by atoms with Crippen molar-refractivity contribution < 1.29 is 4.39 Å². The molecule has 0 radical (unpaired) electrons. The molecule has 0 aliphatic carbocycles. The second kappa shape index (κ2) is 2.02. The predicted molar refractivity (Wildman–Crippen MR) is 38.6 cm³/mol. The Kier molecular flexibility index (Phi) is 1.15. The second-order valence-corrected chi connectivity index (χ2v) is 2.39. The Morgan fingerprint density at radius 2 is 2.27 bits per heavy atom. The number of nitrogens with zero attached hydrogens (tertiary/aromatic N) is 2. The SMILES string of the molecule is Cc1cnc(F)c2[nH]ncc12. The number of halogens is 1. The number of pyridine rings is 1. The van der Waals surface area contributed by atoms with Crippen LogP contribution < -0.4 is 0 Å². The molecule has 0 aliphatic heterocycles. The summed E-state index contributed by atoms with van der Waals surface area (Å²) in [7, 11) is 0. The van der Waals surface area contributed by atoms with Crippen molar-refractivity contribution in [2.45, 2.75) is 6.92 Å². The molecule has 0 saturated heterocycles. The van der Waals surface area contributed by atoms with Gasteiger partial charge in [-0.25, -0.2) is 4.98 Å². The first-order chi connectivity index (χ1) is 5.29. The lowest BCUT2D eigenvalue weighted by atomic mass is 10.2. The summed E-state index contributed by atoms with van der Waals surface area (Å²) < 4.78 is 12.8. The van der Waals surface area contributed by atoms with E-state index in [2.05, 4.69) is 15.2 Å². The molecular formula is C7H6FN3. The van der Waals surface area contributed by atoms with Crippen LogP contribution in [0.1, 0.15) is 5.56 Å². The summed E-state index contributed by atoms with van der Waals surface area (Å²) in [4.78, 5) is 3.54. The van der Waals surface area contributed by atoms with E-state index in [1.165, 1.54) is 6.20 Å². The van der Waals surface area contributed by atoms with Gasteiger partial charge in [0.25, 0.3) is 0 Å². The molecular weight excluding hydrogens is 145 g/mol. The number of H-pyrrole nitrogens is 1. The molecule has 3 nitrogen and oxygen atoms in total. The highest BCUT2D eigenvalue weighted by molar-refractivity contribution is 5.80. The third-order valence-electron chi connectivity index (χ3n) is 1.64. The third kappa shape index (κ3) is 0.790. The molecule has 2 aromatic heterocycles. The van der Waals surface area contributed by atoms with E-state index < -0.39 is 5.95 Å². The van der Waals surface area contributed by atoms with Crippen molar-refractivity contribution >= 4 is 10.9 Å². The van der Waals surface area contributed by atoms with Gasteiger partial charge in [0.1, 0.15) is 5.52 Å². The van der Waals surface area contributed by atoms with Crippen molar-refractivity contribution in [2.75, 3.05) is 0 Å². The Labute approximate surface area is 62.3 Å². The summed E-state index contributed by atoms with van der Waals surface area (Å²) in [5, 5.41) is 7.05. The number of rotatable bonds is 0. The van der Waals surface area contributed by atoms with Crippen LogP contribution >= 0.6 is 0 Å². The second-order valence-electron chi connectivity index (χ2n) is 2.39. The number of fused-ring (bicyclic) bond motifs is 1. The lowest BCUT2D eigenvalue weighted by molar-refractivity contribution is 0.592. The van der Waals surface area contributed by atoms with E-state index in [1.807, 2.05) is 6.92 Å². The molecule has 0 atom stereocenters. The highest BCUT2D eigenvalue weighted by atomic mass is 19.1. The van der Waals surface area contributed by atoms with Crippen molar-refractivity contribution in [3.05, 3.63) is 23.9 Å². The van der Waals surface area contributed by atoms with Crippen LogP contribution in [0.25, 0.3) is 10.9 Å². The molecule has 0 saturated carbocycles. The Morgan fingerprint density at radius 3 is 3.00 bits per heavy atom. The standard InChI is InChI=1S/C7H6FN3/c1-4-2-9-7(8)6-5(4)3-10-11-6/h2-3H,1H3,(H,10,11). The maximum atomic E-state index is 12.8. The van der Waals surface area contributed by atoms with E-state index in [1.54, 1.807) is 6.20 Å². The van der Waals surface area contributed by atoms with Crippen LogP contribution in [0.15, 0.2) is 12.4 Å². The van der Waals surface area contributed by atoms with Gasteiger partial charge in [-0.3, -0.25) is 5.10 Å². The Bertz CT molecular complexity index is 357. The number of aromatic amines is 1. The van der Waals surface area contributed by atoms with Crippen LogP contribution in [0, 0.1) is 12.9 Å². The first-order valence-electron chi connectivity index (χ1n) is 3.23. The molecule has 0 unspecified atom stereocenters. The number of nitrogens with one attached hydrogen (secondary N) is 1. The fourth-order valence-electron chi connectivity index (χ4n) is 1.03. The topological polar surface area (TPSA) is 41.6 Å². The fourth-order valence-corrected chi connectivity index (χ4v) is 1.03. The summed E-state index contributed by atoms with van der Waals surface area (Å²) in [5.74, 6) is -0.497. The van der Waals surface area contributed by atoms with Gasteiger partial charge in [-0.05, 0) is 12.5 Å². The van der Waals surface area contributed by atoms with Crippen molar-refractivity contribution in [2.24, 2.45) is 0 Å². The number of aromatic nitrogens is 3. The number of hydrogen-bond acceptors (Lipinski definition) is 2. The minimum absolute atomic E-state index is 0.380. The highest BCUT2D eigenvalue weighted by Crippen LogP contribution is 2.15. The van der Waals surface area contributed by atoms with Crippen molar-refractivity contribution in [3.8, 4) is 0 Å². The number of aryl methyl sites for hydroxylation is 1. The molecule has 0 spiro atoms. The maximum Gasteiger partial charge on any atom is 0.238 e. The van der Waals surface area contributed by atoms with Gasteiger partial charge in [0.05, 0.1) is 6.20 Å². The van der Waals surface area contributed by atoms with Gasteiger partial charge in [-0.1, -0.05) is 0 Å². The Hall–Kier alpha value is -1.45. The van der Waals surface area contributed by atoms with E-state index in [0.717, 1.165) is 10.9 Å². The molecule has 0 bridgehead atoms. The zero-order valence-corrected chi connectivity index (χ0v) is 5.93. The highest BCUT2D eigenvalue weighted by Gasteiger charge is 2.04. The molecule has 2 aromatic rings. The molecule has 2 heterocycles. The van der Waals surface area contributed by atoms with E-state index in [4.69, 9.17) is 0 Å². The molecule has 0 fully saturated rings. The molecule has 56 valence electrons. The first-order valence-corrected chi connectivity index (χ1v) is 3.23. The largest absolute Gasteiger partial charge is 0.273 e. The van der Waals surface area contributed by atoms with E-state index in [-0.39, 0.29) is 0 Å².